The summed E-state index contributed by atoms with van der Waals surface area (Å²) in [6, 6.07) is 9.91. The molecule has 0 atom stereocenters. The van der Waals surface area contributed by atoms with Gasteiger partial charge in [-0.3, -0.25) is 0 Å². The molecule has 0 aliphatic heterocycles. The standard InChI is InChI=1S/C16H19ClN2O4S/c1-22-15-7-12(14(17)8-16(15)23-2)10-19-9-11-3-5-13(6-4-11)24(18,20)21/h3-8,19H,9-10H2,1-2H3,(H2,18,20,21). The summed E-state index contributed by atoms with van der Waals surface area (Å²) in [5, 5.41) is 8.89. The van der Waals surface area contributed by atoms with Crippen molar-refractivity contribution in [1.82, 2.24) is 5.32 Å². The first kappa shape index (κ1) is 18.5. The monoisotopic (exact) mass is 370 g/mol. The van der Waals surface area contributed by atoms with E-state index in [1.54, 1.807) is 32.4 Å². The van der Waals surface area contributed by atoms with Crippen molar-refractivity contribution >= 4 is 21.6 Å². The van der Waals surface area contributed by atoms with Crippen molar-refractivity contribution in [3.8, 4) is 11.5 Å². The normalized spacial score (nSPS) is 11.3. The van der Waals surface area contributed by atoms with Gasteiger partial charge in [-0.05, 0) is 29.3 Å². The van der Waals surface area contributed by atoms with Crippen LogP contribution in [0.4, 0.5) is 0 Å². The third-order valence-electron chi connectivity index (χ3n) is 3.45. The Morgan fingerprint density at radius 2 is 1.62 bits per heavy atom. The third kappa shape index (κ3) is 4.61. The van der Waals surface area contributed by atoms with Crippen LogP contribution in [0.3, 0.4) is 0 Å². The van der Waals surface area contributed by atoms with E-state index in [2.05, 4.69) is 5.32 Å². The largest absolute Gasteiger partial charge is 0.493 e. The van der Waals surface area contributed by atoms with Gasteiger partial charge >= 0.3 is 0 Å². The van der Waals surface area contributed by atoms with E-state index in [1.165, 1.54) is 12.1 Å². The minimum Gasteiger partial charge on any atom is -0.493 e. The topological polar surface area (TPSA) is 90.6 Å². The predicted octanol–water partition coefficient (Wildman–Crippen LogP) is 2.29. The van der Waals surface area contributed by atoms with Gasteiger partial charge in [0.25, 0.3) is 0 Å². The highest BCUT2D eigenvalue weighted by atomic mass is 35.5. The van der Waals surface area contributed by atoms with Gasteiger partial charge in [0.2, 0.25) is 10.0 Å². The van der Waals surface area contributed by atoms with Crippen LogP contribution in [0, 0.1) is 0 Å². The zero-order chi connectivity index (χ0) is 17.7. The first-order valence-corrected chi connectivity index (χ1v) is 9.00. The number of methoxy groups -OCH3 is 2. The van der Waals surface area contributed by atoms with E-state index in [-0.39, 0.29) is 4.90 Å². The summed E-state index contributed by atoms with van der Waals surface area (Å²) in [5.41, 5.74) is 1.80. The van der Waals surface area contributed by atoms with E-state index in [1.807, 2.05) is 6.07 Å². The molecule has 3 N–H and O–H groups in total. The molecule has 0 saturated carbocycles. The Bertz CT molecular complexity index is 808. The SMILES string of the molecule is COc1cc(Cl)c(CNCc2ccc(S(N)(=O)=O)cc2)cc1OC. The molecule has 0 bridgehead atoms. The summed E-state index contributed by atoms with van der Waals surface area (Å²) in [7, 11) is -0.548. The third-order valence-corrected chi connectivity index (χ3v) is 4.73. The average molecular weight is 371 g/mol. The van der Waals surface area contributed by atoms with Gasteiger partial charge in [-0.25, -0.2) is 13.6 Å². The lowest BCUT2D eigenvalue weighted by Gasteiger charge is -2.12. The molecule has 0 aromatic heterocycles. The minimum absolute atomic E-state index is 0.0918. The maximum atomic E-state index is 11.2. The Kier molecular flexibility index (Phi) is 6.06. The van der Waals surface area contributed by atoms with Gasteiger partial charge < -0.3 is 14.8 Å². The van der Waals surface area contributed by atoms with Crippen LogP contribution < -0.4 is 19.9 Å². The van der Waals surface area contributed by atoms with Crippen LogP contribution in [0.2, 0.25) is 5.02 Å². The molecular formula is C16H19ClN2O4S. The van der Waals surface area contributed by atoms with Gasteiger partial charge in [0.15, 0.2) is 11.5 Å². The fourth-order valence-electron chi connectivity index (χ4n) is 2.17. The maximum Gasteiger partial charge on any atom is 0.238 e. The second-order valence-corrected chi connectivity index (χ2v) is 7.06. The Morgan fingerprint density at radius 3 is 2.17 bits per heavy atom. The zero-order valence-corrected chi connectivity index (χ0v) is 14.9. The van der Waals surface area contributed by atoms with Crippen LogP contribution in [-0.4, -0.2) is 22.6 Å². The molecule has 0 radical (unpaired) electrons. The highest BCUT2D eigenvalue weighted by Gasteiger charge is 2.10. The molecule has 6 nitrogen and oxygen atoms in total. The lowest BCUT2D eigenvalue weighted by atomic mass is 10.2. The molecule has 130 valence electrons. The van der Waals surface area contributed by atoms with Gasteiger partial charge in [-0.2, -0.15) is 0 Å². The number of sulfonamides is 1. The van der Waals surface area contributed by atoms with Crippen LogP contribution in [0.25, 0.3) is 0 Å². The number of nitrogens with two attached hydrogens (primary N) is 1. The van der Waals surface area contributed by atoms with E-state index in [4.69, 9.17) is 26.2 Å². The smallest absolute Gasteiger partial charge is 0.238 e. The number of benzene rings is 2. The highest BCUT2D eigenvalue weighted by Crippen LogP contribution is 2.33. The summed E-state index contributed by atoms with van der Waals surface area (Å²) < 4.78 is 32.9. The summed E-state index contributed by atoms with van der Waals surface area (Å²) in [6.45, 7) is 1.08. The van der Waals surface area contributed by atoms with Crippen molar-refractivity contribution in [2.24, 2.45) is 5.14 Å². The number of nitrogens with one attached hydrogen (secondary N) is 1. The Hall–Kier alpha value is -1.80. The van der Waals surface area contributed by atoms with Crippen LogP contribution in [0.15, 0.2) is 41.3 Å². The van der Waals surface area contributed by atoms with Gasteiger partial charge in [0, 0.05) is 24.2 Å². The van der Waals surface area contributed by atoms with Crippen molar-refractivity contribution in [2.45, 2.75) is 18.0 Å². The molecule has 0 saturated heterocycles. The molecule has 0 spiro atoms. The van der Waals surface area contributed by atoms with Crippen LogP contribution in [0.1, 0.15) is 11.1 Å². The Labute approximate surface area is 146 Å². The van der Waals surface area contributed by atoms with E-state index in [9.17, 15) is 8.42 Å². The molecule has 2 rings (SSSR count). The zero-order valence-electron chi connectivity index (χ0n) is 13.4. The van der Waals surface area contributed by atoms with Crippen molar-refractivity contribution in [1.29, 1.82) is 0 Å². The van der Waals surface area contributed by atoms with Crippen molar-refractivity contribution in [3.63, 3.8) is 0 Å². The van der Waals surface area contributed by atoms with E-state index < -0.39 is 10.0 Å². The van der Waals surface area contributed by atoms with Crippen LogP contribution in [0.5, 0.6) is 11.5 Å². The number of hydrogen-bond acceptors (Lipinski definition) is 5. The van der Waals surface area contributed by atoms with E-state index in [0.29, 0.717) is 29.6 Å². The number of primary sulfonamides is 1. The number of hydrogen-bond donors (Lipinski definition) is 2. The van der Waals surface area contributed by atoms with Gasteiger partial charge in [0.1, 0.15) is 0 Å². The second kappa shape index (κ2) is 7.85. The van der Waals surface area contributed by atoms with Gasteiger partial charge in [-0.15, -0.1) is 0 Å². The first-order valence-electron chi connectivity index (χ1n) is 7.08. The quantitative estimate of drug-likeness (QED) is 0.780. The predicted molar refractivity (Wildman–Crippen MR) is 92.9 cm³/mol. The molecule has 0 aliphatic rings. The van der Waals surface area contributed by atoms with Crippen LogP contribution >= 0.6 is 11.6 Å². The lowest BCUT2D eigenvalue weighted by molar-refractivity contribution is 0.354. The molecular weight excluding hydrogens is 352 g/mol. The summed E-state index contributed by atoms with van der Waals surface area (Å²) in [5.74, 6) is 1.18. The molecule has 2 aromatic rings. The van der Waals surface area contributed by atoms with Crippen molar-refractivity contribution in [3.05, 3.63) is 52.5 Å². The second-order valence-electron chi connectivity index (χ2n) is 5.09. The average Bonchev–Trinajstić information content (AvgIpc) is 2.55. The van der Waals surface area contributed by atoms with Gasteiger partial charge in [0.05, 0.1) is 19.1 Å². The first-order chi connectivity index (χ1) is 11.3. The number of halogens is 1. The molecule has 0 unspecified atom stereocenters. The molecule has 8 heteroatoms. The highest BCUT2D eigenvalue weighted by molar-refractivity contribution is 7.89. The molecule has 24 heavy (non-hydrogen) atoms. The molecule has 0 fully saturated rings. The summed E-state index contributed by atoms with van der Waals surface area (Å²) >= 11 is 6.23. The molecule has 2 aromatic carbocycles. The number of ether oxygens (including phenoxy) is 2. The molecule has 0 aliphatic carbocycles. The lowest BCUT2D eigenvalue weighted by Crippen LogP contribution is -2.14. The minimum atomic E-state index is -3.67. The fraction of sp³-hybridized carbons (Fsp3) is 0.250. The summed E-state index contributed by atoms with van der Waals surface area (Å²) in [4.78, 5) is 0.0918. The summed E-state index contributed by atoms with van der Waals surface area (Å²) in [6.07, 6.45) is 0. The van der Waals surface area contributed by atoms with Crippen molar-refractivity contribution < 1.29 is 17.9 Å². The van der Waals surface area contributed by atoms with E-state index >= 15 is 0 Å². The van der Waals surface area contributed by atoms with E-state index in [0.717, 1.165) is 11.1 Å². The maximum absolute atomic E-state index is 11.2. The fourth-order valence-corrected chi connectivity index (χ4v) is 2.91. The molecule has 0 amide bonds. The van der Waals surface area contributed by atoms with Crippen molar-refractivity contribution in [2.75, 3.05) is 14.2 Å². The number of rotatable bonds is 7. The Morgan fingerprint density at radius 1 is 1.04 bits per heavy atom. The Balaban J connectivity index is 2.02. The van der Waals surface area contributed by atoms with Crippen LogP contribution in [-0.2, 0) is 23.1 Å². The molecule has 0 heterocycles. The van der Waals surface area contributed by atoms with Gasteiger partial charge in [-0.1, -0.05) is 23.7 Å².